The van der Waals surface area contributed by atoms with Gasteiger partial charge in [0.2, 0.25) is 0 Å². The van der Waals surface area contributed by atoms with Crippen LogP contribution in [-0.4, -0.2) is 11.9 Å². The number of fused-ring (bicyclic) bond motifs is 2. The van der Waals surface area contributed by atoms with E-state index < -0.39 is 11.9 Å². The van der Waals surface area contributed by atoms with E-state index in [0.717, 1.165) is 21.5 Å². The number of carboxylic acids is 2. The molecule has 0 heterocycles. The summed E-state index contributed by atoms with van der Waals surface area (Å²) in [6.45, 7) is 4.01. The topological polar surface area (TPSA) is 80.3 Å². The van der Waals surface area contributed by atoms with Crippen LogP contribution in [0.1, 0.15) is 31.8 Å². The summed E-state index contributed by atoms with van der Waals surface area (Å²) in [7, 11) is 0. The fourth-order valence-electron chi connectivity index (χ4n) is 2.98. The van der Waals surface area contributed by atoms with Gasteiger partial charge in [0.05, 0.1) is 11.9 Å². The minimum Gasteiger partial charge on any atom is -0.545 e. The van der Waals surface area contributed by atoms with Crippen molar-refractivity contribution in [1.82, 2.24) is 0 Å². The van der Waals surface area contributed by atoms with Crippen molar-refractivity contribution < 1.29 is 47.1 Å². The van der Waals surface area contributed by atoms with Crippen molar-refractivity contribution in [3.05, 3.63) is 95.1 Å². The molecule has 0 amide bonds. The van der Waals surface area contributed by atoms with Gasteiger partial charge in [0.1, 0.15) is 0 Å². The molecular formula is C24H18CdO4. The molecule has 5 heteroatoms. The van der Waals surface area contributed by atoms with Crippen LogP contribution >= 0.6 is 0 Å². The predicted octanol–water partition coefficient (Wildman–Crippen LogP) is 3.02. The van der Waals surface area contributed by atoms with Gasteiger partial charge in [-0.2, -0.15) is 0 Å². The van der Waals surface area contributed by atoms with Crippen molar-refractivity contribution in [2.75, 3.05) is 0 Å². The van der Waals surface area contributed by atoms with Gasteiger partial charge >= 0.3 is 27.3 Å². The molecule has 4 rings (SSSR count). The molecular weight excluding hydrogens is 465 g/mol. The van der Waals surface area contributed by atoms with Crippen LogP contribution in [0.4, 0.5) is 0 Å². The average Bonchev–Trinajstić information content (AvgIpc) is 2.67. The quantitative estimate of drug-likeness (QED) is 0.411. The van der Waals surface area contributed by atoms with Gasteiger partial charge in [-0.15, -0.1) is 0 Å². The molecule has 4 nitrogen and oxygen atoms in total. The molecule has 4 aromatic rings. The maximum Gasteiger partial charge on any atom is 2.00 e. The van der Waals surface area contributed by atoms with E-state index in [9.17, 15) is 19.8 Å². The van der Waals surface area contributed by atoms with Crippen molar-refractivity contribution in [1.29, 1.82) is 0 Å². The number of hydrogen-bond acceptors (Lipinski definition) is 4. The second-order valence-electron chi connectivity index (χ2n) is 6.71. The van der Waals surface area contributed by atoms with E-state index in [-0.39, 0.29) is 38.4 Å². The van der Waals surface area contributed by atoms with Gasteiger partial charge in [0, 0.05) is 0 Å². The third kappa shape index (κ3) is 5.63. The molecule has 0 atom stereocenters. The minimum atomic E-state index is -1.13. The summed E-state index contributed by atoms with van der Waals surface area (Å²) in [5.74, 6) is -2.26. The number of aromatic carboxylic acids is 2. The Hall–Kier alpha value is -2.74. The third-order valence-corrected chi connectivity index (χ3v) is 4.46. The zero-order valence-corrected chi connectivity index (χ0v) is 20.3. The Kier molecular flexibility index (Phi) is 7.50. The molecule has 140 valence electrons. The molecule has 0 unspecified atom stereocenters. The zero-order valence-electron chi connectivity index (χ0n) is 16.3. The van der Waals surface area contributed by atoms with Crippen LogP contribution in [0.2, 0.25) is 0 Å². The summed E-state index contributed by atoms with van der Waals surface area (Å²) < 4.78 is 0. The van der Waals surface area contributed by atoms with Crippen LogP contribution in [-0.2, 0) is 27.3 Å². The summed E-state index contributed by atoms with van der Waals surface area (Å²) in [5.41, 5.74) is 2.78. The molecule has 0 aliphatic carbocycles. The van der Waals surface area contributed by atoms with Crippen LogP contribution in [0.25, 0.3) is 21.5 Å². The van der Waals surface area contributed by atoms with Crippen molar-refractivity contribution in [2.45, 2.75) is 13.8 Å². The first kappa shape index (κ1) is 22.6. The van der Waals surface area contributed by atoms with Crippen LogP contribution in [0.3, 0.4) is 0 Å². The summed E-state index contributed by atoms with van der Waals surface area (Å²) in [5, 5.41) is 25.2. The Labute approximate surface area is 189 Å². The van der Waals surface area contributed by atoms with Gasteiger partial charge in [0.15, 0.2) is 0 Å². The number of benzene rings is 4. The fraction of sp³-hybridized carbons (Fsp3) is 0.0833. The molecule has 0 N–H and O–H groups in total. The molecule has 0 saturated carbocycles. The number of aryl methyl sites for hydroxylation is 2. The van der Waals surface area contributed by atoms with Crippen molar-refractivity contribution in [3.63, 3.8) is 0 Å². The summed E-state index contributed by atoms with van der Waals surface area (Å²) >= 11 is 0. The second kappa shape index (κ2) is 9.65. The number of carbonyl (C=O) groups excluding carboxylic acids is 2. The van der Waals surface area contributed by atoms with Gasteiger partial charge in [-0.25, -0.2) is 0 Å². The standard InChI is InChI=1S/2C12H10O2.Cd/c2*1-8-2-3-10-7-11(12(13)14)5-4-9(10)6-8;/h2*2-7H,1H3,(H,13,14);/q;;+2/p-2. The van der Waals surface area contributed by atoms with Crippen LogP contribution in [0.15, 0.2) is 72.8 Å². The largest absolute Gasteiger partial charge is 2.00 e. The molecule has 0 aliphatic rings. The second-order valence-corrected chi connectivity index (χ2v) is 6.71. The van der Waals surface area contributed by atoms with E-state index in [1.165, 1.54) is 11.1 Å². The van der Waals surface area contributed by atoms with Crippen LogP contribution < -0.4 is 10.2 Å². The monoisotopic (exact) mass is 484 g/mol. The zero-order chi connectivity index (χ0) is 20.3. The summed E-state index contributed by atoms with van der Waals surface area (Å²) in [6, 6.07) is 21.8. The van der Waals surface area contributed by atoms with E-state index in [2.05, 4.69) is 0 Å². The van der Waals surface area contributed by atoms with Gasteiger partial charge in [0.25, 0.3) is 0 Å². The Morgan fingerprint density at radius 1 is 0.552 bits per heavy atom. The van der Waals surface area contributed by atoms with Gasteiger partial charge in [-0.3, -0.25) is 0 Å². The first-order valence-electron chi connectivity index (χ1n) is 8.77. The van der Waals surface area contributed by atoms with Gasteiger partial charge < -0.3 is 19.8 Å². The number of carboxylic acid groups (broad SMARTS) is 2. The van der Waals surface area contributed by atoms with Gasteiger partial charge in [-0.05, 0) is 58.7 Å². The predicted molar refractivity (Wildman–Crippen MR) is 106 cm³/mol. The molecule has 0 fully saturated rings. The van der Waals surface area contributed by atoms with Crippen molar-refractivity contribution in [2.24, 2.45) is 0 Å². The smallest absolute Gasteiger partial charge is 0.545 e. The number of carbonyl (C=O) groups is 2. The molecule has 0 aliphatic heterocycles. The number of hydrogen-bond donors (Lipinski definition) is 0. The summed E-state index contributed by atoms with van der Waals surface area (Å²) in [4.78, 5) is 21.2. The first-order valence-corrected chi connectivity index (χ1v) is 8.77. The van der Waals surface area contributed by atoms with E-state index in [1.807, 2.05) is 50.2 Å². The minimum absolute atomic E-state index is 0. The average molecular weight is 483 g/mol. The third-order valence-electron chi connectivity index (χ3n) is 4.46. The van der Waals surface area contributed by atoms with E-state index >= 15 is 0 Å². The van der Waals surface area contributed by atoms with E-state index in [0.29, 0.717) is 0 Å². The Balaban J connectivity index is 0.000000200. The summed E-state index contributed by atoms with van der Waals surface area (Å²) in [6.07, 6.45) is 0. The molecule has 0 saturated heterocycles. The Bertz CT molecular complexity index is 1100. The molecule has 0 bridgehead atoms. The van der Waals surface area contributed by atoms with E-state index in [4.69, 9.17) is 0 Å². The fourth-order valence-corrected chi connectivity index (χ4v) is 2.98. The maximum absolute atomic E-state index is 10.6. The van der Waals surface area contributed by atoms with Gasteiger partial charge in [-0.1, -0.05) is 71.8 Å². The first-order chi connectivity index (χ1) is 13.3. The normalized spacial score (nSPS) is 10.0. The van der Waals surface area contributed by atoms with Crippen LogP contribution in [0, 0.1) is 13.8 Å². The Morgan fingerprint density at radius 3 is 1.21 bits per heavy atom. The van der Waals surface area contributed by atoms with Crippen molar-refractivity contribution in [3.8, 4) is 0 Å². The SMILES string of the molecule is Cc1ccc2cc(C(=O)[O-])ccc2c1.Cc1ccc2cc(C(=O)[O-])ccc2c1.[Cd+2]. The molecule has 0 spiro atoms. The molecule has 29 heavy (non-hydrogen) atoms. The Morgan fingerprint density at radius 2 is 0.862 bits per heavy atom. The molecule has 0 radical (unpaired) electrons. The molecule has 0 aromatic heterocycles. The molecule has 4 aromatic carbocycles. The number of rotatable bonds is 2. The van der Waals surface area contributed by atoms with E-state index in [1.54, 1.807) is 36.4 Å². The maximum atomic E-state index is 10.6. The van der Waals surface area contributed by atoms with Crippen LogP contribution in [0.5, 0.6) is 0 Å². The van der Waals surface area contributed by atoms with Crippen molar-refractivity contribution >= 4 is 33.5 Å².